The Morgan fingerprint density at radius 1 is 1.08 bits per heavy atom. The lowest BCUT2D eigenvalue weighted by atomic mass is 10.1. The highest BCUT2D eigenvalue weighted by Crippen LogP contribution is 2.26. The van der Waals surface area contributed by atoms with Gasteiger partial charge in [-0.05, 0) is 41.6 Å². The second-order valence-corrected chi connectivity index (χ2v) is 6.88. The van der Waals surface area contributed by atoms with Gasteiger partial charge in [-0.1, -0.05) is 41.6 Å². The van der Waals surface area contributed by atoms with Crippen LogP contribution in [0.3, 0.4) is 0 Å². The van der Waals surface area contributed by atoms with E-state index < -0.39 is 0 Å². The van der Waals surface area contributed by atoms with Crippen molar-refractivity contribution in [1.29, 1.82) is 0 Å². The van der Waals surface area contributed by atoms with Crippen LogP contribution in [0.15, 0.2) is 58.0 Å². The monoisotopic (exact) mass is 430 g/mol. The predicted molar refractivity (Wildman–Crippen MR) is 102 cm³/mol. The van der Waals surface area contributed by atoms with Crippen molar-refractivity contribution >= 4 is 28.4 Å². The third-order valence-corrected chi connectivity index (χ3v) is 4.79. The zero-order valence-corrected chi connectivity index (χ0v) is 15.2. The summed E-state index contributed by atoms with van der Waals surface area (Å²) in [6.45, 7) is 2.94. The Balaban J connectivity index is 1.60. The summed E-state index contributed by atoms with van der Waals surface area (Å²) in [6.07, 6.45) is 0. The van der Waals surface area contributed by atoms with E-state index in [0.29, 0.717) is 17.8 Å². The number of aromatic nitrogens is 2. The van der Waals surface area contributed by atoms with E-state index in [-0.39, 0.29) is 0 Å². The first-order valence-corrected chi connectivity index (χ1v) is 8.79. The Morgan fingerprint density at radius 3 is 2.54 bits per heavy atom. The van der Waals surface area contributed by atoms with Gasteiger partial charge in [0.2, 0.25) is 5.82 Å². The Bertz CT molecular complexity index is 901. The number of halogens is 1. The molecule has 1 aromatic heterocycles. The van der Waals surface area contributed by atoms with Crippen molar-refractivity contribution in [3.05, 3.63) is 57.7 Å². The van der Waals surface area contributed by atoms with Crippen LogP contribution in [-0.2, 0) is 0 Å². The SMILES string of the molecule is CC1CN=C(c2ccc(-c3noc(-c4ccccc4I)n3)cc2)N1. The minimum atomic E-state index is 0.396. The van der Waals surface area contributed by atoms with Crippen LogP contribution in [-0.4, -0.2) is 28.6 Å². The van der Waals surface area contributed by atoms with Crippen molar-refractivity contribution in [3.63, 3.8) is 0 Å². The lowest BCUT2D eigenvalue weighted by Crippen LogP contribution is -2.27. The molecule has 1 atom stereocenters. The molecule has 1 aliphatic rings. The molecule has 4 rings (SSSR count). The van der Waals surface area contributed by atoms with E-state index in [0.717, 1.165) is 32.6 Å². The summed E-state index contributed by atoms with van der Waals surface area (Å²) in [5.74, 6) is 2.07. The molecule has 2 aromatic carbocycles. The number of hydrogen-bond acceptors (Lipinski definition) is 5. The molecule has 0 fully saturated rings. The van der Waals surface area contributed by atoms with E-state index in [1.807, 2.05) is 48.5 Å². The Hall–Kier alpha value is -2.22. The maximum Gasteiger partial charge on any atom is 0.259 e. The number of aliphatic imine (C=N–C) groups is 1. The van der Waals surface area contributed by atoms with Gasteiger partial charge in [-0.25, -0.2) is 0 Å². The van der Waals surface area contributed by atoms with Gasteiger partial charge in [0.25, 0.3) is 5.89 Å². The third kappa shape index (κ3) is 2.93. The summed E-state index contributed by atoms with van der Waals surface area (Å²) in [6, 6.07) is 16.4. The van der Waals surface area contributed by atoms with Gasteiger partial charge < -0.3 is 9.84 Å². The molecule has 0 amide bonds. The first kappa shape index (κ1) is 15.3. The summed E-state index contributed by atoms with van der Waals surface area (Å²) in [5.41, 5.74) is 2.95. The molecule has 120 valence electrons. The van der Waals surface area contributed by atoms with Crippen LogP contribution in [0.5, 0.6) is 0 Å². The summed E-state index contributed by atoms with van der Waals surface area (Å²) in [5, 5.41) is 7.47. The van der Waals surface area contributed by atoms with Gasteiger partial charge in [-0.15, -0.1) is 0 Å². The Labute approximate surface area is 153 Å². The van der Waals surface area contributed by atoms with E-state index in [9.17, 15) is 0 Å². The normalized spacial score (nSPS) is 16.8. The van der Waals surface area contributed by atoms with Gasteiger partial charge in [0, 0.05) is 20.7 Å². The average molecular weight is 430 g/mol. The van der Waals surface area contributed by atoms with Gasteiger partial charge in [-0.2, -0.15) is 4.98 Å². The topological polar surface area (TPSA) is 63.3 Å². The Kier molecular flexibility index (Phi) is 4.05. The van der Waals surface area contributed by atoms with Crippen LogP contribution in [0.4, 0.5) is 0 Å². The highest BCUT2D eigenvalue weighted by atomic mass is 127. The van der Waals surface area contributed by atoms with Crippen molar-refractivity contribution in [2.75, 3.05) is 6.54 Å². The van der Waals surface area contributed by atoms with E-state index in [1.54, 1.807) is 0 Å². The van der Waals surface area contributed by atoms with Crippen LogP contribution < -0.4 is 5.32 Å². The number of nitrogens with one attached hydrogen (secondary N) is 1. The van der Waals surface area contributed by atoms with Crippen LogP contribution in [0, 0.1) is 3.57 Å². The summed E-state index contributed by atoms with van der Waals surface area (Å²) in [7, 11) is 0. The van der Waals surface area contributed by atoms with Gasteiger partial charge in [-0.3, -0.25) is 4.99 Å². The van der Waals surface area contributed by atoms with Crippen molar-refractivity contribution in [2.24, 2.45) is 4.99 Å². The number of amidine groups is 1. The minimum absolute atomic E-state index is 0.396. The molecule has 0 radical (unpaired) electrons. The molecule has 6 heteroatoms. The fourth-order valence-electron chi connectivity index (χ4n) is 2.59. The van der Waals surface area contributed by atoms with E-state index in [2.05, 4.69) is 50.0 Å². The van der Waals surface area contributed by atoms with Crippen molar-refractivity contribution in [3.8, 4) is 22.8 Å². The summed E-state index contributed by atoms with van der Waals surface area (Å²) < 4.78 is 6.51. The highest BCUT2D eigenvalue weighted by molar-refractivity contribution is 14.1. The molecular formula is C18H15IN4O. The molecule has 24 heavy (non-hydrogen) atoms. The van der Waals surface area contributed by atoms with Crippen molar-refractivity contribution in [1.82, 2.24) is 15.5 Å². The number of hydrogen-bond donors (Lipinski definition) is 1. The smallest absolute Gasteiger partial charge is 0.259 e. The van der Waals surface area contributed by atoms with E-state index in [4.69, 9.17) is 4.52 Å². The third-order valence-electron chi connectivity index (χ3n) is 3.85. The lowest BCUT2D eigenvalue weighted by molar-refractivity contribution is 0.432. The second-order valence-electron chi connectivity index (χ2n) is 5.72. The van der Waals surface area contributed by atoms with Gasteiger partial charge >= 0.3 is 0 Å². The standard InChI is InChI=1S/C18H15IN4O/c1-11-10-20-16(21-11)12-6-8-13(9-7-12)17-22-18(24-23-17)14-4-2-3-5-15(14)19/h2-9,11H,10H2,1H3,(H,20,21). The molecule has 0 saturated carbocycles. The predicted octanol–water partition coefficient (Wildman–Crippen LogP) is 3.75. The minimum Gasteiger partial charge on any atom is -0.366 e. The molecule has 3 aromatic rings. The van der Waals surface area contributed by atoms with Crippen LogP contribution in [0.25, 0.3) is 22.8 Å². The molecular weight excluding hydrogens is 415 g/mol. The molecule has 5 nitrogen and oxygen atoms in total. The van der Waals surface area contributed by atoms with E-state index >= 15 is 0 Å². The summed E-state index contributed by atoms with van der Waals surface area (Å²) >= 11 is 2.27. The quantitative estimate of drug-likeness (QED) is 0.644. The maximum absolute atomic E-state index is 5.43. The first-order valence-electron chi connectivity index (χ1n) is 7.71. The summed E-state index contributed by atoms with van der Waals surface area (Å²) in [4.78, 5) is 9.02. The van der Waals surface area contributed by atoms with Crippen molar-refractivity contribution in [2.45, 2.75) is 13.0 Å². The highest BCUT2D eigenvalue weighted by Gasteiger charge is 2.16. The molecule has 1 unspecified atom stereocenters. The van der Waals surface area contributed by atoms with Gasteiger partial charge in [0.05, 0.1) is 12.1 Å². The van der Waals surface area contributed by atoms with Crippen LogP contribution >= 0.6 is 22.6 Å². The molecule has 0 aliphatic carbocycles. The zero-order valence-electron chi connectivity index (χ0n) is 13.0. The molecule has 1 N–H and O–H groups in total. The second kappa shape index (κ2) is 6.35. The van der Waals surface area contributed by atoms with Crippen LogP contribution in [0.1, 0.15) is 12.5 Å². The fraction of sp³-hybridized carbons (Fsp3) is 0.167. The molecule has 0 spiro atoms. The number of benzene rings is 2. The van der Waals surface area contributed by atoms with Crippen LogP contribution in [0.2, 0.25) is 0 Å². The largest absolute Gasteiger partial charge is 0.366 e. The van der Waals surface area contributed by atoms with Gasteiger partial charge in [0.1, 0.15) is 5.84 Å². The molecule has 0 saturated heterocycles. The lowest BCUT2D eigenvalue weighted by Gasteiger charge is -2.06. The molecule has 2 heterocycles. The van der Waals surface area contributed by atoms with E-state index in [1.165, 1.54) is 0 Å². The number of nitrogens with zero attached hydrogens (tertiary/aromatic N) is 3. The molecule has 1 aliphatic heterocycles. The molecule has 0 bridgehead atoms. The Morgan fingerprint density at radius 2 is 1.83 bits per heavy atom. The zero-order chi connectivity index (χ0) is 16.5. The van der Waals surface area contributed by atoms with Gasteiger partial charge in [0.15, 0.2) is 0 Å². The average Bonchev–Trinajstić information content (AvgIpc) is 3.25. The fourth-order valence-corrected chi connectivity index (χ4v) is 3.21. The number of rotatable bonds is 3. The maximum atomic E-state index is 5.43. The first-order chi connectivity index (χ1) is 11.7. The van der Waals surface area contributed by atoms with Crippen molar-refractivity contribution < 1.29 is 4.52 Å².